The van der Waals surface area contributed by atoms with Gasteiger partial charge in [-0.1, -0.05) is 61.9 Å². The van der Waals surface area contributed by atoms with Crippen LogP contribution < -0.4 is 5.32 Å². The van der Waals surface area contributed by atoms with Crippen LogP contribution in [0.25, 0.3) is 11.1 Å². The molecule has 0 aromatic heterocycles. The Kier molecular flexibility index (Phi) is 6.37. The van der Waals surface area contributed by atoms with Crippen molar-refractivity contribution in [1.82, 2.24) is 10.2 Å². The first-order valence-electron chi connectivity index (χ1n) is 11.2. The summed E-state index contributed by atoms with van der Waals surface area (Å²) in [5, 5.41) is 21.6. The van der Waals surface area contributed by atoms with Gasteiger partial charge in [-0.15, -0.1) is 0 Å². The summed E-state index contributed by atoms with van der Waals surface area (Å²) >= 11 is 0. The molecule has 1 heterocycles. The fourth-order valence-electron chi connectivity index (χ4n) is 4.62. The Morgan fingerprint density at radius 2 is 1.67 bits per heavy atom. The van der Waals surface area contributed by atoms with Crippen LogP contribution in [0.2, 0.25) is 0 Å². The quantitative estimate of drug-likeness (QED) is 0.567. The van der Waals surface area contributed by atoms with Gasteiger partial charge in [-0.2, -0.15) is 0 Å². The number of carbonyl (C=O) groups excluding carboxylic acids is 2. The van der Waals surface area contributed by atoms with Crippen LogP contribution in [0.15, 0.2) is 48.5 Å². The van der Waals surface area contributed by atoms with E-state index in [9.17, 15) is 19.5 Å². The number of likely N-dealkylation sites (tertiary alicyclic amines) is 1. The van der Waals surface area contributed by atoms with Gasteiger partial charge in [0.25, 0.3) is 0 Å². The molecule has 2 aromatic carbocycles. The third-order valence-electron chi connectivity index (χ3n) is 6.38. The molecule has 2 aromatic rings. The highest BCUT2D eigenvalue weighted by Crippen LogP contribution is 2.44. The number of rotatable bonds is 8. The minimum absolute atomic E-state index is 0.0216. The number of nitrogens with zero attached hydrogens (tertiary/aromatic N) is 1. The summed E-state index contributed by atoms with van der Waals surface area (Å²) in [5.74, 6) is -1.70. The molecule has 1 aliphatic carbocycles. The normalized spacial score (nSPS) is 16.8. The number of amides is 2. The molecule has 8 heteroatoms. The van der Waals surface area contributed by atoms with Gasteiger partial charge in [-0.3, -0.25) is 4.79 Å². The number of β-amino-alcohol motifs (C(OH)–C–C–N with tert-alkyl or cyclic N) is 1. The van der Waals surface area contributed by atoms with Gasteiger partial charge in [0.1, 0.15) is 6.61 Å². The lowest BCUT2D eigenvalue weighted by molar-refractivity contribution is -0.182. The van der Waals surface area contributed by atoms with Gasteiger partial charge in [0.2, 0.25) is 5.91 Å². The molecule has 33 heavy (non-hydrogen) atoms. The molecule has 4 rings (SSSR count). The Morgan fingerprint density at radius 3 is 2.21 bits per heavy atom. The number of ether oxygens (including phenoxy) is 1. The fourth-order valence-corrected chi connectivity index (χ4v) is 4.62. The van der Waals surface area contributed by atoms with E-state index in [1.54, 1.807) is 0 Å². The minimum Gasteiger partial charge on any atom is -0.479 e. The van der Waals surface area contributed by atoms with Crippen molar-refractivity contribution in [1.29, 1.82) is 0 Å². The Labute approximate surface area is 192 Å². The molecule has 0 unspecified atom stereocenters. The number of hydrogen-bond donors (Lipinski definition) is 3. The van der Waals surface area contributed by atoms with Gasteiger partial charge in [0.15, 0.2) is 5.60 Å². The SMILES string of the molecule is CCC[C@@H](CC(=O)N1CC(O)(C(=O)O)C1)NC(=O)OCC1c2ccccc2-c2ccccc21. The predicted octanol–water partition coefficient (Wildman–Crippen LogP) is 2.74. The standard InChI is InChI=1S/C25H28N2O6/c1-2-7-16(12-22(28)27-14-25(32,15-27)23(29)30)26-24(31)33-13-21-19-10-5-3-8-17(19)18-9-4-6-11-20(18)21/h3-6,8-11,16,21,32H,2,7,12-15H2,1H3,(H,26,31)(H,29,30)/t16-/m0/s1. The predicted molar refractivity (Wildman–Crippen MR) is 121 cm³/mol. The van der Waals surface area contributed by atoms with E-state index in [0.717, 1.165) is 28.7 Å². The summed E-state index contributed by atoms with van der Waals surface area (Å²) < 4.78 is 5.57. The van der Waals surface area contributed by atoms with Gasteiger partial charge in [0, 0.05) is 18.4 Å². The van der Waals surface area contributed by atoms with Crippen LogP contribution in [-0.2, 0) is 14.3 Å². The molecule has 1 saturated heterocycles. The first-order chi connectivity index (χ1) is 15.8. The molecular formula is C25H28N2O6. The molecule has 1 aliphatic heterocycles. The molecule has 1 fully saturated rings. The second-order valence-electron chi connectivity index (χ2n) is 8.75. The summed E-state index contributed by atoms with van der Waals surface area (Å²) in [4.78, 5) is 37.3. The zero-order valence-corrected chi connectivity index (χ0v) is 18.5. The summed E-state index contributed by atoms with van der Waals surface area (Å²) in [6.45, 7) is 1.64. The van der Waals surface area contributed by atoms with E-state index in [1.165, 1.54) is 4.90 Å². The van der Waals surface area contributed by atoms with Crippen molar-refractivity contribution in [3.05, 3.63) is 59.7 Å². The first kappa shape index (κ1) is 22.8. The van der Waals surface area contributed by atoms with E-state index in [-0.39, 0.29) is 37.9 Å². The Bertz CT molecular complexity index is 1020. The molecule has 0 saturated carbocycles. The number of alkyl carbamates (subject to hydrolysis) is 1. The molecule has 1 atom stereocenters. The van der Waals surface area contributed by atoms with Gasteiger partial charge >= 0.3 is 12.1 Å². The van der Waals surface area contributed by atoms with Gasteiger partial charge in [-0.05, 0) is 28.7 Å². The fraction of sp³-hybridized carbons (Fsp3) is 0.400. The molecule has 0 radical (unpaired) electrons. The van der Waals surface area contributed by atoms with E-state index >= 15 is 0 Å². The highest BCUT2D eigenvalue weighted by molar-refractivity contribution is 5.85. The van der Waals surface area contributed by atoms with Crippen LogP contribution in [0.5, 0.6) is 0 Å². The largest absolute Gasteiger partial charge is 0.479 e. The minimum atomic E-state index is -1.88. The lowest BCUT2D eigenvalue weighted by atomic mass is 9.93. The van der Waals surface area contributed by atoms with Crippen LogP contribution >= 0.6 is 0 Å². The summed E-state index contributed by atoms with van der Waals surface area (Å²) in [5.41, 5.74) is 2.65. The monoisotopic (exact) mass is 452 g/mol. The molecule has 2 amide bonds. The number of benzene rings is 2. The van der Waals surface area contributed by atoms with E-state index in [2.05, 4.69) is 17.4 Å². The topological polar surface area (TPSA) is 116 Å². The maximum atomic E-state index is 12.6. The number of hydrogen-bond acceptors (Lipinski definition) is 5. The van der Waals surface area contributed by atoms with E-state index in [0.29, 0.717) is 6.42 Å². The van der Waals surface area contributed by atoms with Gasteiger partial charge in [0.05, 0.1) is 13.1 Å². The lowest BCUT2D eigenvalue weighted by Crippen LogP contribution is -2.67. The third-order valence-corrected chi connectivity index (χ3v) is 6.38. The number of aliphatic hydroxyl groups is 1. The van der Waals surface area contributed by atoms with Crippen molar-refractivity contribution in [3.8, 4) is 11.1 Å². The second kappa shape index (κ2) is 9.23. The van der Waals surface area contributed by atoms with Gasteiger partial charge in [-0.25, -0.2) is 9.59 Å². The Morgan fingerprint density at radius 1 is 1.09 bits per heavy atom. The molecule has 2 aliphatic rings. The maximum absolute atomic E-state index is 12.6. The Balaban J connectivity index is 1.34. The van der Waals surface area contributed by atoms with Crippen LogP contribution in [-0.4, -0.2) is 64.4 Å². The van der Waals surface area contributed by atoms with Crippen molar-refractivity contribution in [3.63, 3.8) is 0 Å². The summed E-state index contributed by atoms with van der Waals surface area (Å²) in [7, 11) is 0. The average Bonchev–Trinajstić information content (AvgIpc) is 3.09. The van der Waals surface area contributed by atoms with E-state index in [4.69, 9.17) is 9.84 Å². The highest BCUT2D eigenvalue weighted by atomic mass is 16.5. The van der Waals surface area contributed by atoms with Crippen molar-refractivity contribution >= 4 is 18.0 Å². The lowest BCUT2D eigenvalue weighted by Gasteiger charge is -2.43. The smallest absolute Gasteiger partial charge is 0.407 e. The molecular weight excluding hydrogens is 424 g/mol. The summed E-state index contributed by atoms with van der Waals surface area (Å²) in [6, 6.07) is 15.7. The van der Waals surface area contributed by atoms with Crippen LogP contribution in [0.1, 0.15) is 43.2 Å². The molecule has 3 N–H and O–H groups in total. The van der Waals surface area contributed by atoms with Crippen molar-refractivity contribution in [2.75, 3.05) is 19.7 Å². The second-order valence-corrected chi connectivity index (χ2v) is 8.75. The maximum Gasteiger partial charge on any atom is 0.407 e. The Hall–Kier alpha value is -3.39. The number of carbonyl (C=O) groups is 3. The number of aliphatic carboxylic acids is 1. The molecule has 174 valence electrons. The van der Waals surface area contributed by atoms with Gasteiger partial charge < -0.3 is 25.2 Å². The average molecular weight is 453 g/mol. The number of carboxylic acid groups (broad SMARTS) is 1. The molecule has 0 bridgehead atoms. The first-order valence-corrected chi connectivity index (χ1v) is 11.2. The van der Waals surface area contributed by atoms with Crippen LogP contribution in [0.4, 0.5) is 4.79 Å². The third kappa shape index (κ3) is 4.57. The van der Waals surface area contributed by atoms with E-state index in [1.807, 2.05) is 43.3 Å². The molecule has 8 nitrogen and oxygen atoms in total. The summed E-state index contributed by atoms with van der Waals surface area (Å²) in [6.07, 6.45) is 0.759. The number of nitrogens with one attached hydrogen (secondary N) is 1. The zero-order valence-electron chi connectivity index (χ0n) is 18.5. The van der Waals surface area contributed by atoms with Crippen molar-refractivity contribution in [2.24, 2.45) is 0 Å². The van der Waals surface area contributed by atoms with Crippen LogP contribution in [0.3, 0.4) is 0 Å². The number of carboxylic acids is 1. The zero-order chi connectivity index (χ0) is 23.6. The van der Waals surface area contributed by atoms with E-state index < -0.39 is 23.7 Å². The van der Waals surface area contributed by atoms with Crippen molar-refractivity contribution in [2.45, 2.75) is 43.7 Å². The van der Waals surface area contributed by atoms with Crippen molar-refractivity contribution < 1.29 is 29.3 Å². The number of fused-ring (bicyclic) bond motifs is 3. The molecule has 0 spiro atoms. The highest BCUT2D eigenvalue weighted by Gasteiger charge is 2.50. The van der Waals surface area contributed by atoms with Crippen LogP contribution in [0, 0.1) is 0 Å².